The molecule has 0 bridgehead atoms. The highest BCUT2D eigenvalue weighted by Gasteiger charge is 2.45. The van der Waals surface area contributed by atoms with Gasteiger partial charge in [0.15, 0.2) is 22.9 Å². The standard InChI is InChI=1S/C30H28N2O6/c1-4-31(5-2)20-11-13-21(14-12-20)32-26(18-9-15-22(33)16-10-18)25(28(35)30(32)36)27(34)24-17-19-7-6-8-23(37-3)29(19)38-24/h6-17,26,33,35H,4-5H2,1-3H3. The molecule has 5 rings (SSSR count). The lowest BCUT2D eigenvalue weighted by Gasteiger charge is -2.28. The van der Waals surface area contributed by atoms with Gasteiger partial charge >= 0.3 is 0 Å². The highest BCUT2D eigenvalue weighted by molar-refractivity contribution is 6.20. The van der Waals surface area contributed by atoms with Crippen molar-refractivity contribution in [3.8, 4) is 11.5 Å². The Hall–Kier alpha value is -4.72. The van der Waals surface area contributed by atoms with Crippen LogP contribution in [0.3, 0.4) is 0 Å². The highest BCUT2D eigenvalue weighted by Crippen LogP contribution is 2.43. The molecule has 0 saturated heterocycles. The number of anilines is 2. The SMILES string of the molecule is CCN(CC)c1ccc(N2C(=O)C(O)=C(C(=O)c3cc4cccc(OC)c4o3)C2c2ccc(O)cc2)cc1. The number of nitrogens with zero attached hydrogens (tertiary/aromatic N) is 2. The number of methoxy groups -OCH3 is 1. The summed E-state index contributed by atoms with van der Waals surface area (Å²) in [6, 6.07) is 19.5. The smallest absolute Gasteiger partial charge is 0.294 e. The van der Waals surface area contributed by atoms with E-state index in [9.17, 15) is 19.8 Å². The summed E-state index contributed by atoms with van der Waals surface area (Å²) >= 11 is 0. The molecule has 2 N–H and O–H groups in total. The van der Waals surface area contributed by atoms with E-state index < -0.39 is 23.5 Å². The number of aliphatic hydroxyl groups is 1. The first kappa shape index (κ1) is 25.0. The van der Waals surface area contributed by atoms with Gasteiger partial charge in [-0.15, -0.1) is 0 Å². The van der Waals surface area contributed by atoms with Crippen molar-refractivity contribution in [2.24, 2.45) is 0 Å². The van der Waals surface area contributed by atoms with Gasteiger partial charge in [0.05, 0.1) is 18.7 Å². The number of fused-ring (bicyclic) bond motifs is 1. The molecule has 1 atom stereocenters. The van der Waals surface area contributed by atoms with Gasteiger partial charge in [0.1, 0.15) is 5.75 Å². The summed E-state index contributed by atoms with van der Waals surface area (Å²) in [4.78, 5) is 30.9. The van der Waals surface area contributed by atoms with Crippen molar-refractivity contribution in [1.29, 1.82) is 0 Å². The second-order valence-corrected chi connectivity index (χ2v) is 8.94. The number of benzene rings is 3. The van der Waals surface area contributed by atoms with Gasteiger partial charge in [0, 0.05) is 29.9 Å². The van der Waals surface area contributed by atoms with Crippen LogP contribution in [0.5, 0.6) is 11.5 Å². The Morgan fingerprint density at radius 1 is 1.00 bits per heavy atom. The van der Waals surface area contributed by atoms with Crippen molar-refractivity contribution in [2.75, 3.05) is 30.0 Å². The Bertz CT molecular complexity index is 1530. The maximum Gasteiger partial charge on any atom is 0.294 e. The van der Waals surface area contributed by atoms with E-state index in [-0.39, 0.29) is 17.1 Å². The Labute approximate surface area is 220 Å². The van der Waals surface area contributed by atoms with Crippen LogP contribution in [0.4, 0.5) is 11.4 Å². The van der Waals surface area contributed by atoms with Crippen LogP contribution in [0.15, 0.2) is 88.5 Å². The van der Waals surface area contributed by atoms with Crippen LogP contribution in [-0.2, 0) is 4.79 Å². The number of hydrogen-bond acceptors (Lipinski definition) is 7. The number of carbonyl (C=O) groups is 2. The van der Waals surface area contributed by atoms with Gasteiger partial charge in [-0.25, -0.2) is 0 Å². The van der Waals surface area contributed by atoms with Gasteiger partial charge in [-0.05, 0) is 67.9 Å². The van der Waals surface area contributed by atoms with E-state index >= 15 is 0 Å². The Kier molecular flexibility index (Phi) is 6.55. The fourth-order valence-corrected chi connectivity index (χ4v) is 4.93. The summed E-state index contributed by atoms with van der Waals surface area (Å²) in [6.45, 7) is 5.79. The molecule has 38 heavy (non-hydrogen) atoms. The number of amides is 1. The molecule has 0 fully saturated rings. The number of furan rings is 1. The number of aliphatic hydroxyl groups excluding tert-OH is 1. The van der Waals surface area contributed by atoms with Crippen LogP contribution in [0.2, 0.25) is 0 Å². The van der Waals surface area contributed by atoms with Gasteiger partial charge in [-0.2, -0.15) is 0 Å². The largest absolute Gasteiger partial charge is 0.508 e. The molecule has 194 valence electrons. The summed E-state index contributed by atoms with van der Waals surface area (Å²) in [5.41, 5.74) is 2.35. The molecule has 3 aromatic carbocycles. The third-order valence-corrected chi connectivity index (χ3v) is 6.87. The van der Waals surface area contributed by atoms with E-state index in [1.807, 2.05) is 12.1 Å². The second kappa shape index (κ2) is 9.97. The molecule has 8 nitrogen and oxygen atoms in total. The van der Waals surface area contributed by atoms with Crippen LogP contribution >= 0.6 is 0 Å². The average Bonchev–Trinajstić information content (AvgIpc) is 3.49. The lowest BCUT2D eigenvalue weighted by molar-refractivity contribution is -0.117. The number of carbonyl (C=O) groups excluding carboxylic acids is 2. The monoisotopic (exact) mass is 512 g/mol. The molecule has 2 heterocycles. The summed E-state index contributed by atoms with van der Waals surface area (Å²) < 4.78 is 11.2. The number of Topliss-reactive ketones (excluding diaryl/α,β-unsaturated/α-hetero) is 1. The number of para-hydroxylation sites is 1. The molecule has 0 saturated carbocycles. The average molecular weight is 513 g/mol. The number of rotatable bonds is 8. The van der Waals surface area contributed by atoms with E-state index in [1.54, 1.807) is 48.5 Å². The lowest BCUT2D eigenvalue weighted by Crippen LogP contribution is -2.31. The van der Waals surface area contributed by atoms with E-state index in [1.165, 1.54) is 24.1 Å². The maximum absolute atomic E-state index is 13.8. The minimum Gasteiger partial charge on any atom is -0.508 e. The normalized spacial score (nSPS) is 15.4. The highest BCUT2D eigenvalue weighted by atomic mass is 16.5. The minimum absolute atomic E-state index is 0.0265. The second-order valence-electron chi connectivity index (χ2n) is 8.94. The van der Waals surface area contributed by atoms with Gasteiger partial charge < -0.3 is 24.3 Å². The molecule has 0 spiro atoms. The fourth-order valence-electron chi connectivity index (χ4n) is 4.93. The molecule has 1 aromatic heterocycles. The molecule has 8 heteroatoms. The van der Waals surface area contributed by atoms with Crippen molar-refractivity contribution in [1.82, 2.24) is 0 Å². The van der Waals surface area contributed by atoms with E-state index in [0.29, 0.717) is 28.0 Å². The Balaban J connectivity index is 1.61. The van der Waals surface area contributed by atoms with Crippen molar-refractivity contribution in [3.05, 3.63) is 95.5 Å². The van der Waals surface area contributed by atoms with E-state index in [2.05, 4.69) is 18.7 Å². The van der Waals surface area contributed by atoms with Gasteiger partial charge in [0.2, 0.25) is 5.78 Å². The first-order valence-electron chi connectivity index (χ1n) is 12.4. The van der Waals surface area contributed by atoms with Crippen molar-refractivity contribution in [3.63, 3.8) is 0 Å². The van der Waals surface area contributed by atoms with Gasteiger partial charge in [0.25, 0.3) is 5.91 Å². The third kappa shape index (κ3) is 4.14. The van der Waals surface area contributed by atoms with Crippen LogP contribution < -0.4 is 14.5 Å². The summed E-state index contributed by atoms with van der Waals surface area (Å²) in [6.07, 6.45) is 0. The zero-order valence-corrected chi connectivity index (χ0v) is 21.3. The number of aromatic hydroxyl groups is 1. The first-order valence-corrected chi connectivity index (χ1v) is 12.4. The fraction of sp³-hybridized carbons (Fsp3) is 0.200. The summed E-state index contributed by atoms with van der Waals surface area (Å²) in [7, 11) is 1.51. The predicted octanol–water partition coefficient (Wildman–Crippen LogP) is 5.78. The number of ether oxygens (including phenoxy) is 1. The number of ketones is 1. The van der Waals surface area contributed by atoms with Crippen LogP contribution in [0.1, 0.15) is 36.0 Å². The molecule has 1 aliphatic rings. The number of hydrogen-bond donors (Lipinski definition) is 2. The minimum atomic E-state index is -0.940. The number of phenols is 1. The first-order chi connectivity index (χ1) is 18.4. The van der Waals surface area contributed by atoms with Gasteiger partial charge in [-0.3, -0.25) is 14.5 Å². The predicted molar refractivity (Wildman–Crippen MR) is 145 cm³/mol. The Morgan fingerprint density at radius 2 is 1.68 bits per heavy atom. The zero-order valence-electron chi connectivity index (χ0n) is 21.3. The maximum atomic E-state index is 13.8. The molecular formula is C30H28N2O6. The van der Waals surface area contributed by atoms with E-state index in [4.69, 9.17) is 9.15 Å². The molecule has 4 aromatic rings. The number of phenolic OH excluding ortho intramolecular Hbond substituents is 1. The van der Waals surface area contributed by atoms with Crippen LogP contribution in [-0.4, -0.2) is 42.1 Å². The third-order valence-electron chi connectivity index (χ3n) is 6.87. The van der Waals surface area contributed by atoms with Crippen molar-refractivity contribution >= 4 is 34.0 Å². The quantitative estimate of drug-likeness (QED) is 0.289. The summed E-state index contributed by atoms with van der Waals surface area (Å²) in [5.74, 6) is -1.48. The van der Waals surface area contributed by atoms with Crippen molar-refractivity contribution < 1.29 is 29.0 Å². The molecule has 0 radical (unpaired) electrons. The van der Waals surface area contributed by atoms with Crippen LogP contribution in [0, 0.1) is 0 Å². The topological polar surface area (TPSA) is 103 Å². The Morgan fingerprint density at radius 3 is 2.32 bits per heavy atom. The molecule has 1 aliphatic heterocycles. The van der Waals surface area contributed by atoms with E-state index in [0.717, 1.165) is 18.8 Å². The van der Waals surface area contributed by atoms with Gasteiger partial charge in [-0.1, -0.05) is 24.3 Å². The molecule has 1 amide bonds. The van der Waals surface area contributed by atoms with Crippen LogP contribution in [0.25, 0.3) is 11.0 Å². The molecular weight excluding hydrogens is 484 g/mol. The molecule has 1 unspecified atom stereocenters. The van der Waals surface area contributed by atoms with Crippen molar-refractivity contribution in [2.45, 2.75) is 19.9 Å². The lowest BCUT2D eigenvalue weighted by atomic mass is 9.94. The molecule has 0 aliphatic carbocycles. The zero-order chi connectivity index (χ0) is 27.0. The summed E-state index contributed by atoms with van der Waals surface area (Å²) in [5, 5.41) is 21.6.